The lowest BCUT2D eigenvalue weighted by molar-refractivity contribution is -0.125. The normalized spacial score (nSPS) is 16.8. The molecule has 1 unspecified atom stereocenters. The number of hydrogen-bond acceptors (Lipinski definition) is 5. The molecule has 1 atom stereocenters. The number of aromatic nitrogens is 4. The van der Waals surface area contributed by atoms with Crippen LogP contribution in [0.15, 0.2) is 29.1 Å². The number of aryl methyl sites for hydroxylation is 2. The highest BCUT2D eigenvalue weighted by Gasteiger charge is 2.27. The molecule has 1 aliphatic rings. The van der Waals surface area contributed by atoms with Crippen LogP contribution in [0.1, 0.15) is 17.3 Å². The van der Waals surface area contributed by atoms with E-state index in [1.54, 1.807) is 23.0 Å². The van der Waals surface area contributed by atoms with Crippen LogP contribution in [0.5, 0.6) is 0 Å². The van der Waals surface area contributed by atoms with E-state index in [9.17, 15) is 9.59 Å². The van der Waals surface area contributed by atoms with E-state index < -0.39 is 0 Å². The smallest absolute Gasteiger partial charge is 0.345 e. The van der Waals surface area contributed by atoms with E-state index in [-0.39, 0.29) is 17.5 Å². The van der Waals surface area contributed by atoms with Crippen molar-refractivity contribution in [1.29, 1.82) is 0 Å². The molecule has 0 saturated carbocycles. The lowest BCUT2D eigenvalue weighted by Crippen LogP contribution is -2.39. The first-order valence-corrected chi connectivity index (χ1v) is 9.18. The minimum Gasteiger partial charge on any atom is -0.355 e. The molecular formula is C17H19N5O2S. The number of amides is 1. The average Bonchev–Trinajstić information content (AvgIpc) is 3.15. The first-order chi connectivity index (χ1) is 12.1. The molecular weight excluding hydrogens is 338 g/mol. The summed E-state index contributed by atoms with van der Waals surface area (Å²) in [4.78, 5) is 29.0. The van der Waals surface area contributed by atoms with Gasteiger partial charge in [-0.2, -0.15) is 5.10 Å². The zero-order chi connectivity index (χ0) is 17.4. The SMILES string of the molecule is Cn1nc2n(c1=O)CC(C(=O)NCCc1nc3ccccc3s1)CC2. The van der Waals surface area contributed by atoms with Crippen LogP contribution in [0, 0.1) is 5.92 Å². The maximum Gasteiger partial charge on any atom is 0.345 e. The molecule has 0 aliphatic carbocycles. The molecule has 1 aliphatic heterocycles. The van der Waals surface area contributed by atoms with Crippen molar-refractivity contribution < 1.29 is 4.79 Å². The van der Waals surface area contributed by atoms with Crippen molar-refractivity contribution in [3.05, 3.63) is 45.6 Å². The maximum absolute atomic E-state index is 12.4. The first kappa shape index (κ1) is 16.0. The van der Waals surface area contributed by atoms with Gasteiger partial charge < -0.3 is 5.32 Å². The van der Waals surface area contributed by atoms with Gasteiger partial charge in [-0.15, -0.1) is 11.3 Å². The summed E-state index contributed by atoms with van der Waals surface area (Å²) >= 11 is 1.66. The summed E-state index contributed by atoms with van der Waals surface area (Å²) in [6.07, 6.45) is 2.10. The molecule has 0 bridgehead atoms. The summed E-state index contributed by atoms with van der Waals surface area (Å²) in [6, 6.07) is 8.04. The monoisotopic (exact) mass is 357 g/mol. The van der Waals surface area contributed by atoms with Gasteiger partial charge in [-0.25, -0.2) is 14.5 Å². The Morgan fingerprint density at radius 2 is 2.24 bits per heavy atom. The number of para-hydroxylation sites is 1. The Bertz CT molecular complexity index is 953. The molecule has 25 heavy (non-hydrogen) atoms. The topological polar surface area (TPSA) is 81.8 Å². The maximum atomic E-state index is 12.4. The Kier molecular flexibility index (Phi) is 4.12. The van der Waals surface area contributed by atoms with E-state index in [1.165, 1.54) is 9.38 Å². The van der Waals surface area contributed by atoms with Crippen molar-refractivity contribution in [2.45, 2.75) is 25.8 Å². The van der Waals surface area contributed by atoms with Crippen LogP contribution in [-0.2, 0) is 31.2 Å². The fourth-order valence-electron chi connectivity index (χ4n) is 3.22. The van der Waals surface area contributed by atoms with Gasteiger partial charge in [-0.05, 0) is 18.6 Å². The van der Waals surface area contributed by atoms with Crippen LogP contribution < -0.4 is 11.0 Å². The molecule has 7 nitrogen and oxygen atoms in total. The van der Waals surface area contributed by atoms with Crippen molar-refractivity contribution in [2.24, 2.45) is 13.0 Å². The molecule has 3 heterocycles. The largest absolute Gasteiger partial charge is 0.355 e. The van der Waals surface area contributed by atoms with Crippen LogP contribution in [0.3, 0.4) is 0 Å². The van der Waals surface area contributed by atoms with Gasteiger partial charge in [0, 0.05) is 33.0 Å². The average molecular weight is 357 g/mol. The standard InChI is InChI=1S/C17H19N5O2S/c1-21-17(24)22-10-11(6-7-14(22)20-21)16(23)18-9-8-15-19-12-4-2-3-5-13(12)25-15/h2-5,11H,6-10H2,1H3,(H,18,23). The molecule has 0 radical (unpaired) electrons. The zero-order valence-electron chi connectivity index (χ0n) is 13.9. The lowest BCUT2D eigenvalue weighted by Gasteiger charge is -2.21. The quantitative estimate of drug-likeness (QED) is 0.758. The highest BCUT2D eigenvalue weighted by molar-refractivity contribution is 7.18. The third-order valence-electron chi connectivity index (χ3n) is 4.55. The highest BCUT2D eigenvalue weighted by Crippen LogP contribution is 2.21. The van der Waals surface area contributed by atoms with Gasteiger partial charge in [-0.3, -0.25) is 9.36 Å². The molecule has 8 heteroatoms. The van der Waals surface area contributed by atoms with Gasteiger partial charge in [0.25, 0.3) is 0 Å². The van der Waals surface area contributed by atoms with Crippen LogP contribution in [0.4, 0.5) is 0 Å². The molecule has 0 spiro atoms. The molecule has 0 fully saturated rings. The summed E-state index contributed by atoms with van der Waals surface area (Å²) < 4.78 is 4.11. The van der Waals surface area contributed by atoms with E-state index >= 15 is 0 Å². The molecule has 4 rings (SSSR count). The minimum absolute atomic E-state index is 0.00233. The Morgan fingerprint density at radius 3 is 3.08 bits per heavy atom. The second kappa shape index (κ2) is 6.44. The number of thiazole rings is 1. The number of benzene rings is 1. The molecule has 1 aromatic carbocycles. The van der Waals surface area contributed by atoms with Crippen molar-refractivity contribution in [1.82, 2.24) is 24.6 Å². The van der Waals surface area contributed by atoms with Gasteiger partial charge in [0.05, 0.1) is 21.1 Å². The molecule has 1 amide bonds. The van der Waals surface area contributed by atoms with E-state index in [4.69, 9.17) is 0 Å². The van der Waals surface area contributed by atoms with Crippen LogP contribution >= 0.6 is 11.3 Å². The number of nitrogens with one attached hydrogen (secondary N) is 1. The number of hydrogen-bond donors (Lipinski definition) is 1. The second-order valence-corrected chi connectivity index (χ2v) is 7.40. The van der Waals surface area contributed by atoms with E-state index in [1.807, 2.05) is 18.2 Å². The van der Waals surface area contributed by atoms with Gasteiger partial charge in [0.2, 0.25) is 5.91 Å². The van der Waals surface area contributed by atoms with Gasteiger partial charge in [0.1, 0.15) is 5.82 Å². The Morgan fingerprint density at radius 1 is 1.40 bits per heavy atom. The third-order valence-corrected chi connectivity index (χ3v) is 5.65. The van der Waals surface area contributed by atoms with E-state index in [2.05, 4.69) is 21.5 Å². The Hall–Kier alpha value is -2.48. The third kappa shape index (κ3) is 3.09. The van der Waals surface area contributed by atoms with Crippen molar-refractivity contribution in [3.63, 3.8) is 0 Å². The predicted molar refractivity (Wildman–Crippen MR) is 95.6 cm³/mol. The molecule has 3 aromatic rings. The summed E-state index contributed by atoms with van der Waals surface area (Å²) in [6.45, 7) is 0.971. The van der Waals surface area contributed by atoms with Crippen LogP contribution in [0.25, 0.3) is 10.2 Å². The van der Waals surface area contributed by atoms with Gasteiger partial charge >= 0.3 is 5.69 Å². The number of rotatable bonds is 4. The Balaban J connectivity index is 1.35. The molecule has 0 saturated heterocycles. The number of carbonyl (C=O) groups is 1. The van der Waals surface area contributed by atoms with Gasteiger partial charge in [-0.1, -0.05) is 12.1 Å². The number of carbonyl (C=O) groups excluding carboxylic acids is 1. The fourth-order valence-corrected chi connectivity index (χ4v) is 4.18. The van der Waals surface area contributed by atoms with Crippen LogP contribution in [0.2, 0.25) is 0 Å². The molecule has 2 aromatic heterocycles. The number of fused-ring (bicyclic) bond motifs is 2. The van der Waals surface area contributed by atoms with Crippen LogP contribution in [-0.4, -0.2) is 31.8 Å². The first-order valence-electron chi connectivity index (χ1n) is 8.36. The van der Waals surface area contributed by atoms with E-state index in [0.717, 1.165) is 29.2 Å². The molecule has 130 valence electrons. The fraction of sp³-hybridized carbons (Fsp3) is 0.412. The second-order valence-electron chi connectivity index (χ2n) is 6.28. The summed E-state index contributed by atoms with van der Waals surface area (Å²) in [5, 5.41) is 8.21. The summed E-state index contributed by atoms with van der Waals surface area (Å²) in [5.41, 5.74) is 0.853. The van der Waals surface area contributed by atoms with E-state index in [0.29, 0.717) is 19.5 Å². The minimum atomic E-state index is -0.176. The molecule has 1 N–H and O–H groups in total. The highest BCUT2D eigenvalue weighted by atomic mass is 32.1. The predicted octanol–water partition coefficient (Wildman–Crippen LogP) is 1.11. The summed E-state index contributed by atoms with van der Waals surface area (Å²) in [7, 11) is 1.64. The summed E-state index contributed by atoms with van der Waals surface area (Å²) in [5.74, 6) is 0.596. The van der Waals surface area contributed by atoms with Crippen molar-refractivity contribution in [2.75, 3.05) is 6.54 Å². The Labute approximate surface area is 148 Å². The van der Waals surface area contributed by atoms with Gasteiger partial charge in [0.15, 0.2) is 0 Å². The zero-order valence-corrected chi connectivity index (χ0v) is 14.8. The van der Waals surface area contributed by atoms with Crippen molar-refractivity contribution >= 4 is 27.5 Å². The lowest BCUT2D eigenvalue weighted by atomic mass is 9.98. The van der Waals surface area contributed by atoms with Crippen molar-refractivity contribution in [3.8, 4) is 0 Å². The number of nitrogens with zero attached hydrogens (tertiary/aromatic N) is 4.